The SMILES string of the molecule is CNCC1CN(C(=O)NC(C)C)CCO1. The zero-order valence-corrected chi connectivity index (χ0v) is 9.75. The van der Waals surface area contributed by atoms with Gasteiger partial charge in [-0.15, -0.1) is 0 Å². The van der Waals surface area contributed by atoms with Gasteiger partial charge in [0.15, 0.2) is 0 Å². The normalized spacial score (nSPS) is 21.9. The molecule has 0 radical (unpaired) electrons. The topological polar surface area (TPSA) is 53.6 Å². The number of hydrogen-bond acceptors (Lipinski definition) is 3. The number of likely N-dealkylation sites (N-methyl/N-ethyl adjacent to an activating group) is 1. The maximum atomic E-state index is 11.7. The second-order valence-electron chi connectivity index (χ2n) is 4.10. The molecule has 0 aliphatic carbocycles. The highest BCUT2D eigenvalue weighted by molar-refractivity contribution is 5.74. The predicted octanol–water partition coefficient (Wildman–Crippen LogP) is 0.0246. The van der Waals surface area contributed by atoms with Crippen LogP contribution in [0.4, 0.5) is 4.79 Å². The van der Waals surface area contributed by atoms with Gasteiger partial charge in [-0.2, -0.15) is 0 Å². The fourth-order valence-corrected chi connectivity index (χ4v) is 1.59. The Morgan fingerprint density at radius 2 is 2.33 bits per heavy atom. The number of carbonyl (C=O) groups excluding carboxylic acids is 1. The van der Waals surface area contributed by atoms with E-state index in [1.165, 1.54) is 0 Å². The second kappa shape index (κ2) is 5.92. The number of nitrogens with one attached hydrogen (secondary N) is 2. The molecule has 0 aromatic heterocycles. The Balaban J connectivity index is 2.38. The summed E-state index contributed by atoms with van der Waals surface area (Å²) in [6.07, 6.45) is 0.113. The molecule has 1 aliphatic heterocycles. The Kier molecular flexibility index (Phi) is 4.84. The molecule has 0 saturated carbocycles. The van der Waals surface area contributed by atoms with Crippen LogP contribution in [0, 0.1) is 0 Å². The van der Waals surface area contributed by atoms with Gasteiger partial charge in [-0.25, -0.2) is 4.79 Å². The summed E-state index contributed by atoms with van der Waals surface area (Å²) in [6, 6.07) is 0.192. The molecule has 1 aliphatic rings. The molecule has 5 nitrogen and oxygen atoms in total. The van der Waals surface area contributed by atoms with Crippen molar-refractivity contribution in [3.8, 4) is 0 Å². The fourth-order valence-electron chi connectivity index (χ4n) is 1.59. The molecule has 1 saturated heterocycles. The van der Waals surface area contributed by atoms with E-state index < -0.39 is 0 Å². The van der Waals surface area contributed by atoms with Gasteiger partial charge in [-0.3, -0.25) is 0 Å². The Morgan fingerprint density at radius 1 is 1.60 bits per heavy atom. The quantitative estimate of drug-likeness (QED) is 0.698. The molecule has 2 amide bonds. The Morgan fingerprint density at radius 3 is 2.93 bits per heavy atom. The maximum Gasteiger partial charge on any atom is 0.317 e. The van der Waals surface area contributed by atoms with E-state index in [4.69, 9.17) is 4.74 Å². The van der Waals surface area contributed by atoms with Crippen molar-refractivity contribution in [2.75, 3.05) is 33.3 Å². The van der Waals surface area contributed by atoms with E-state index >= 15 is 0 Å². The molecular formula is C10H21N3O2. The van der Waals surface area contributed by atoms with Crippen LogP contribution in [-0.2, 0) is 4.74 Å². The average Bonchev–Trinajstić information content (AvgIpc) is 2.17. The van der Waals surface area contributed by atoms with E-state index in [2.05, 4.69) is 10.6 Å². The van der Waals surface area contributed by atoms with Gasteiger partial charge in [-0.1, -0.05) is 0 Å². The van der Waals surface area contributed by atoms with E-state index in [1.807, 2.05) is 25.8 Å². The lowest BCUT2D eigenvalue weighted by Gasteiger charge is -2.33. The molecule has 5 heteroatoms. The molecule has 1 heterocycles. The summed E-state index contributed by atoms with van der Waals surface area (Å²) in [5.41, 5.74) is 0. The fraction of sp³-hybridized carbons (Fsp3) is 0.900. The van der Waals surface area contributed by atoms with Crippen LogP contribution in [0.1, 0.15) is 13.8 Å². The van der Waals surface area contributed by atoms with Crippen molar-refractivity contribution in [3.63, 3.8) is 0 Å². The number of rotatable bonds is 3. The Labute approximate surface area is 91.2 Å². The molecule has 2 N–H and O–H groups in total. The molecule has 88 valence electrons. The first-order valence-corrected chi connectivity index (χ1v) is 5.45. The molecule has 1 rings (SSSR count). The number of urea groups is 1. The van der Waals surface area contributed by atoms with Crippen molar-refractivity contribution in [2.45, 2.75) is 26.0 Å². The monoisotopic (exact) mass is 215 g/mol. The average molecular weight is 215 g/mol. The van der Waals surface area contributed by atoms with Gasteiger partial charge in [0, 0.05) is 25.7 Å². The number of carbonyl (C=O) groups is 1. The summed E-state index contributed by atoms with van der Waals surface area (Å²) < 4.78 is 5.52. The third kappa shape index (κ3) is 4.05. The van der Waals surface area contributed by atoms with Gasteiger partial charge in [-0.05, 0) is 20.9 Å². The van der Waals surface area contributed by atoms with Crippen LogP contribution in [-0.4, -0.2) is 56.4 Å². The number of hydrogen-bond donors (Lipinski definition) is 2. The number of morpholine rings is 1. The molecule has 1 fully saturated rings. The van der Waals surface area contributed by atoms with Crippen molar-refractivity contribution >= 4 is 6.03 Å². The first-order valence-electron chi connectivity index (χ1n) is 5.45. The van der Waals surface area contributed by atoms with Crippen LogP contribution in [0.15, 0.2) is 0 Å². The molecule has 1 atom stereocenters. The standard InChI is InChI=1S/C10H21N3O2/c1-8(2)12-10(14)13-4-5-15-9(7-13)6-11-3/h8-9,11H,4-7H2,1-3H3,(H,12,14). The third-order valence-electron chi connectivity index (χ3n) is 2.27. The smallest absolute Gasteiger partial charge is 0.317 e. The summed E-state index contributed by atoms with van der Waals surface area (Å²) >= 11 is 0. The van der Waals surface area contributed by atoms with Crippen molar-refractivity contribution in [3.05, 3.63) is 0 Å². The molecule has 0 aromatic carbocycles. The van der Waals surface area contributed by atoms with Crippen LogP contribution in [0.5, 0.6) is 0 Å². The van der Waals surface area contributed by atoms with Crippen LogP contribution in [0.25, 0.3) is 0 Å². The van der Waals surface area contributed by atoms with Crippen molar-refractivity contribution in [1.82, 2.24) is 15.5 Å². The molecule has 1 unspecified atom stereocenters. The lowest BCUT2D eigenvalue weighted by atomic mass is 10.3. The van der Waals surface area contributed by atoms with Gasteiger partial charge >= 0.3 is 6.03 Å². The molecule has 0 spiro atoms. The lowest BCUT2D eigenvalue weighted by molar-refractivity contribution is -0.0122. The highest BCUT2D eigenvalue weighted by Gasteiger charge is 2.23. The summed E-state index contributed by atoms with van der Waals surface area (Å²) in [5.74, 6) is 0. The Hall–Kier alpha value is -0.810. The van der Waals surface area contributed by atoms with Crippen LogP contribution >= 0.6 is 0 Å². The summed E-state index contributed by atoms with van der Waals surface area (Å²) in [7, 11) is 1.89. The van der Waals surface area contributed by atoms with Gasteiger partial charge < -0.3 is 20.3 Å². The first-order chi connectivity index (χ1) is 7.13. The second-order valence-corrected chi connectivity index (χ2v) is 4.10. The van der Waals surface area contributed by atoms with Gasteiger partial charge in [0.25, 0.3) is 0 Å². The highest BCUT2D eigenvalue weighted by atomic mass is 16.5. The molecule has 0 bridgehead atoms. The van der Waals surface area contributed by atoms with Gasteiger partial charge in [0.05, 0.1) is 12.7 Å². The van der Waals surface area contributed by atoms with Gasteiger partial charge in [0.2, 0.25) is 0 Å². The minimum absolute atomic E-state index is 0.00871. The number of nitrogens with zero attached hydrogens (tertiary/aromatic N) is 1. The zero-order chi connectivity index (χ0) is 11.3. The number of amides is 2. The van der Waals surface area contributed by atoms with Crippen LogP contribution in [0.3, 0.4) is 0 Å². The molecule has 0 aromatic rings. The minimum atomic E-state index is 0.00871. The largest absolute Gasteiger partial charge is 0.373 e. The highest BCUT2D eigenvalue weighted by Crippen LogP contribution is 2.04. The van der Waals surface area contributed by atoms with E-state index in [9.17, 15) is 4.79 Å². The summed E-state index contributed by atoms with van der Waals surface area (Å²) in [6.45, 7) is 6.67. The van der Waals surface area contributed by atoms with Crippen molar-refractivity contribution < 1.29 is 9.53 Å². The molecular weight excluding hydrogens is 194 g/mol. The summed E-state index contributed by atoms with van der Waals surface area (Å²) in [4.78, 5) is 13.5. The van der Waals surface area contributed by atoms with E-state index in [0.29, 0.717) is 19.7 Å². The molecule has 15 heavy (non-hydrogen) atoms. The van der Waals surface area contributed by atoms with E-state index in [1.54, 1.807) is 0 Å². The van der Waals surface area contributed by atoms with E-state index in [-0.39, 0.29) is 18.2 Å². The predicted molar refractivity (Wildman–Crippen MR) is 58.9 cm³/mol. The lowest BCUT2D eigenvalue weighted by Crippen LogP contribution is -2.52. The summed E-state index contributed by atoms with van der Waals surface area (Å²) in [5, 5.41) is 5.94. The minimum Gasteiger partial charge on any atom is -0.373 e. The van der Waals surface area contributed by atoms with Crippen molar-refractivity contribution in [2.24, 2.45) is 0 Å². The first kappa shape index (κ1) is 12.3. The van der Waals surface area contributed by atoms with Crippen LogP contribution < -0.4 is 10.6 Å². The zero-order valence-electron chi connectivity index (χ0n) is 9.75. The van der Waals surface area contributed by atoms with Gasteiger partial charge in [0.1, 0.15) is 0 Å². The van der Waals surface area contributed by atoms with E-state index in [0.717, 1.165) is 6.54 Å². The Bertz CT molecular complexity index is 207. The maximum absolute atomic E-state index is 11.7. The van der Waals surface area contributed by atoms with Crippen LogP contribution in [0.2, 0.25) is 0 Å². The number of ether oxygens (including phenoxy) is 1. The third-order valence-corrected chi connectivity index (χ3v) is 2.27. The van der Waals surface area contributed by atoms with Crippen molar-refractivity contribution in [1.29, 1.82) is 0 Å².